The molecule has 3 rings (SSSR count). The van der Waals surface area contributed by atoms with Crippen molar-refractivity contribution in [3.8, 4) is 5.75 Å². The maximum absolute atomic E-state index is 13.5. The van der Waals surface area contributed by atoms with Gasteiger partial charge < -0.3 is 9.64 Å². The molecule has 1 heterocycles. The first-order chi connectivity index (χ1) is 9.81. The van der Waals surface area contributed by atoms with E-state index in [9.17, 15) is 13.6 Å². The molecule has 1 aliphatic heterocycles. The lowest BCUT2D eigenvalue weighted by molar-refractivity contribution is -0.127. The zero-order chi connectivity index (χ0) is 15.4. The first-order valence-electron chi connectivity index (χ1n) is 6.85. The summed E-state index contributed by atoms with van der Waals surface area (Å²) in [5.74, 6) is -2.18. The highest BCUT2D eigenvalue weighted by molar-refractivity contribution is 9.10. The molecular formula is C15H16BrF2NO2. The van der Waals surface area contributed by atoms with Crippen LogP contribution in [0.3, 0.4) is 0 Å². The maximum Gasteiger partial charge on any atom is 0.248 e. The number of benzene rings is 1. The Labute approximate surface area is 130 Å². The largest absolute Gasteiger partial charge is 0.495 e. The molecule has 0 radical (unpaired) electrons. The summed E-state index contributed by atoms with van der Waals surface area (Å²) in [7, 11) is 3.22. The van der Waals surface area contributed by atoms with Gasteiger partial charge in [0.1, 0.15) is 5.75 Å². The predicted molar refractivity (Wildman–Crippen MR) is 79.2 cm³/mol. The molecule has 1 amide bonds. The minimum atomic E-state index is -2.66. The number of hydrogen-bond donors (Lipinski definition) is 0. The minimum absolute atomic E-state index is 0.107. The van der Waals surface area contributed by atoms with E-state index in [0.717, 1.165) is 10.0 Å². The summed E-state index contributed by atoms with van der Waals surface area (Å²) in [5, 5.41) is 0. The third kappa shape index (κ3) is 2.06. The molecule has 6 heteroatoms. The van der Waals surface area contributed by atoms with Gasteiger partial charge in [0.25, 0.3) is 0 Å². The van der Waals surface area contributed by atoms with Crippen LogP contribution in [0, 0.1) is 0 Å². The van der Waals surface area contributed by atoms with Crippen molar-refractivity contribution in [2.75, 3.05) is 19.1 Å². The predicted octanol–water partition coefficient (Wildman–Crippen LogP) is 3.88. The number of ether oxygens (including phenoxy) is 1. The average Bonchev–Trinajstić information content (AvgIpc) is 2.64. The standard InChI is InChI=1S/C15H16BrF2NO2/c1-19-12-10(7-9(16)8-11(12)21-2)14(13(19)20)3-5-15(17,18)6-4-14/h7-8H,3-6H2,1-2H3. The van der Waals surface area contributed by atoms with Gasteiger partial charge in [-0.25, -0.2) is 8.78 Å². The highest BCUT2D eigenvalue weighted by Gasteiger charge is 2.55. The molecule has 3 nitrogen and oxygen atoms in total. The molecule has 0 N–H and O–H groups in total. The van der Waals surface area contributed by atoms with Gasteiger partial charge in [0.15, 0.2) is 0 Å². The fourth-order valence-electron chi connectivity index (χ4n) is 3.50. The van der Waals surface area contributed by atoms with E-state index >= 15 is 0 Å². The third-order valence-electron chi connectivity index (χ3n) is 4.66. The second-order valence-electron chi connectivity index (χ2n) is 5.81. The van der Waals surface area contributed by atoms with Crippen molar-refractivity contribution in [1.29, 1.82) is 0 Å². The fraction of sp³-hybridized carbons (Fsp3) is 0.533. The molecule has 0 atom stereocenters. The molecule has 0 aromatic heterocycles. The van der Waals surface area contributed by atoms with Crippen LogP contribution in [0.4, 0.5) is 14.5 Å². The van der Waals surface area contributed by atoms with Gasteiger partial charge in [0.2, 0.25) is 11.8 Å². The number of methoxy groups -OCH3 is 1. The summed E-state index contributed by atoms with van der Waals surface area (Å²) in [6, 6.07) is 3.65. The number of carbonyl (C=O) groups excluding carboxylic acids is 1. The normalized spacial score (nSPS) is 22.5. The fourth-order valence-corrected chi connectivity index (χ4v) is 3.94. The molecule has 1 aromatic rings. The lowest BCUT2D eigenvalue weighted by atomic mass is 9.69. The van der Waals surface area contributed by atoms with E-state index in [1.54, 1.807) is 25.1 Å². The van der Waals surface area contributed by atoms with Crippen molar-refractivity contribution >= 4 is 27.5 Å². The number of anilines is 1. The number of fused-ring (bicyclic) bond motifs is 2. The Morgan fingerprint density at radius 3 is 2.43 bits per heavy atom. The Bertz CT molecular complexity index is 608. The molecule has 1 saturated carbocycles. The van der Waals surface area contributed by atoms with Gasteiger partial charge >= 0.3 is 0 Å². The van der Waals surface area contributed by atoms with Crippen LogP contribution in [0.15, 0.2) is 16.6 Å². The van der Waals surface area contributed by atoms with Crippen LogP contribution in [-0.2, 0) is 10.2 Å². The first kappa shape index (κ1) is 14.8. The molecule has 0 saturated heterocycles. The Hall–Kier alpha value is -1.17. The van der Waals surface area contributed by atoms with Crippen LogP contribution in [0.5, 0.6) is 5.75 Å². The van der Waals surface area contributed by atoms with Gasteiger partial charge in [-0.1, -0.05) is 15.9 Å². The number of nitrogens with zero attached hydrogens (tertiary/aromatic N) is 1. The highest BCUT2D eigenvalue weighted by Crippen LogP contribution is 2.55. The minimum Gasteiger partial charge on any atom is -0.495 e. The van der Waals surface area contributed by atoms with Crippen molar-refractivity contribution in [3.05, 3.63) is 22.2 Å². The quantitative estimate of drug-likeness (QED) is 0.761. The third-order valence-corrected chi connectivity index (χ3v) is 5.12. The van der Waals surface area contributed by atoms with Crippen molar-refractivity contribution < 1.29 is 18.3 Å². The molecule has 0 unspecified atom stereocenters. The Balaban J connectivity index is 2.15. The van der Waals surface area contributed by atoms with Gasteiger partial charge in [-0.2, -0.15) is 0 Å². The topological polar surface area (TPSA) is 29.5 Å². The van der Waals surface area contributed by atoms with Crippen LogP contribution >= 0.6 is 15.9 Å². The van der Waals surface area contributed by atoms with E-state index in [4.69, 9.17) is 4.74 Å². The first-order valence-corrected chi connectivity index (χ1v) is 7.64. The molecule has 1 aromatic carbocycles. The molecular weight excluding hydrogens is 344 g/mol. The number of hydrogen-bond acceptors (Lipinski definition) is 2. The summed E-state index contributed by atoms with van der Waals surface area (Å²) >= 11 is 3.41. The Kier molecular flexibility index (Phi) is 3.28. The molecule has 1 fully saturated rings. The molecule has 21 heavy (non-hydrogen) atoms. The van der Waals surface area contributed by atoms with E-state index in [2.05, 4.69) is 15.9 Å². The monoisotopic (exact) mass is 359 g/mol. The summed E-state index contributed by atoms with van der Waals surface area (Å²) < 4.78 is 33.2. The molecule has 114 valence electrons. The molecule has 1 aliphatic carbocycles. The summed E-state index contributed by atoms with van der Waals surface area (Å²) in [6.45, 7) is 0. The summed E-state index contributed by atoms with van der Waals surface area (Å²) in [5.41, 5.74) is 0.677. The van der Waals surface area contributed by atoms with Crippen molar-refractivity contribution in [2.24, 2.45) is 0 Å². The summed E-state index contributed by atoms with van der Waals surface area (Å²) in [4.78, 5) is 14.3. The lowest BCUT2D eigenvalue weighted by Gasteiger charge is -2.36. The number of likely N-dealkylation sites (N-methyl/N-ethyl adjacent to an activating group) is 1. The van der Waals surface area contributed by atoms with Crippen molar-refractivity contribution in [1.82, 2.24) is 0 Å². The molecule has 1 spiro atoms. The highest BCUT2D eigenvalue weighted by atomic mass is 79.9. The van der Waals surface area contributed by atoms with Crippen LogP contribution in [0.25, 0.3) is 0 Å². The van der Waals surface area contributed by atoms with Crippen LogP contribution in [-0.4, -0.2) is 26.0 Å². The summed E-state index contributed by atoms with van der Waals surface area (Å²) in [6.07, 6.45) is -0.146. The maximum atomic E-state index is 13.5. The zero-order valence-corrected chi connectivity index (χ0v) is 13.5. The van der Waals surface area contributed by atoms with Gasteiger partial charge in [0, 0.05) is 24.4 Å². The second-order valence-corrected chi connectivity index (χ2v) is 6.72. The van der Waals surface area contributed by atoms with Gasteiger partial charge in [-0.3, -0.25) is 4.79 Å². The van der Waals surface area contributed by atoms with Crippen molar-refractivity contribution in [2.45, 2.75) is 37.0 Å². The molecule has 0 bridgehead atoms. The van der Waals surface area contributed by atoms with E-state index in [0.29, 0.717) is 11.4 Å². The lowest BCUT2D eigenvalue weighted by Crippen LogP contribution is -2.44. The SMILES string of the molecule is COc1cc(Br)cc2c1N(C)C(=O)C21CCC(F)(F)CC1. The van der Waals surface area contributed by atoms with Crippen LogP contribution < -0.4 is 9.64 Å². The average molecular weight is 360 g/mol. The van der Waals surface area contributed by atoms with Crippen LogP contribution in [0.1, 0.15) is 31.2 Å². The van der Waals surface area contributed by atoms with E-state index < -0.39 is 11.3 Å². The van der Waals surface area contributed by atoms with E-state index in [1.165, 1.54) is 0 Å². The zero-order valence-electron chi connectivity index (χ0n) is 11.9. The number of carbonyl (C=O) groups is 1. The van der Waals surface area contributed by atoms with Gasteiger partial charge in [0.05, 0.1) is 18.2 Å². The second kappa shape index (κ2) is 4.66. The number of alkyl halides is 2. The number of halogens is 3. The van der Waals surface area contributed by atoms with Crippen LogP contribution in [0.2, 0.25) is 0 Å². The number of amides is 1. The van der Waals surface area contributed by atoms with E-state index in [-0.39, 0.29) is 31.6 Å². The Morgan fingerprint density at radius 2 is 1.86 bits per heavy atom. The van der Waals surface area contributed by atoms with Gasteiger partial charge in [-0.15, -0.1) is 0 Å². The Morgan fingerprint density at radius 1 is 1.24 bits per heavy atom. The van der Waals surface area contributed by atoms with E-state index in [1.807, 2.05) is 6.07 Å². The number of rotatable bonds is 1. The smallest absolute Gasteiger partial charge is 0.248 e. The molecule has 2 aliphatic rings. The van der Waals surface area contributed by atoms with Gasteiger partial charge in [-0.05, 0) is 30.5 Å². The van der Waals surface area contributed by atoms with Crippen molar-refractivity contribution in [3.63, 3.8) is 0 Å².